The molecule has 0 aromatic heterocycles. The Balaban J connectivity index is 0.00000420. The summed E-state index contributed by atoms with van der Waals surface area (Å²) in [4.78, 5) is 18.7. The van der Waals surface area contributed by atoms with Crippen molar-refractivity contribution in [2.75, 3.05) is 47.9 Å². The van der Waals surface area contributed by atoms with Crippen molar-refractivity contribution in [3.05, 3.63) is 23.3 Å². The fourth-order valence-corrected chi connectivity index (χ4v) is 3.04. The van der Waals surface area contributed by atoms with Gasteiger partial charge in [0.05, 0.1) is 20.8 Å². The molecular weight excluding hydrogens is 504 g/mol. The van der Waals surface area contributed by atoms with E-state index in [0.717, 1.165) is 24.6 Å². The molecule has 164 valence electrons. The highest BCUT2D eigenvalue weighted by molar-refractivity contribution is 14.0. The van der Waals surface area contributed by atoms with Crippen LogP contribution in [-0.4, -0.2) is 75.8 Å². The molecule has 29 heavy (non-hydrogen) atoms. The van der Waals surface area contributed by atoms with Crippen LogP contribution >= 0.6 is 24.0 Å². The van der Waals surface area contributed by atoms with Gasteiger partial charge in [-0.15, -0.1) is 24.0 Å². The number of guanidine groups is 1. The van der Waals surface area contributed by atoms with E-state index in [2.05, 4.69) is 10.3 Å². The Kier molecular flexibility index (Phi) is 9.30. The number of nitrogens with one attached hydrogen (secondary N) is 1. The minimum absolute atomic E-state index is 0. The Morgan fingerprint density at radius 3 is 2.34 bits per heavy atom. The molecule has 0 unspecified atom stereocenters. The molecule has 0 saturated carbocycles. The maximum atomic E-state index is 12.4. The van der Waals surface area contributed by atoms with Crippen LogP contribution in [0.2, 0.25) is 0 Å². The number of benzene rings is 1. The number of amides is 1. The predicted octanol–water partition coefficient (Wildman–Crippen LogP) is 2.28. The normalized spacial score (nSPS) is 13.9. The van der Waals surface area contributed by atoms with Crippen LogP contribution in [0.15, 0.2) is 17.1 Å². The third-order valence-electron chi connectivity index (χ3n) is 4.47. The first-order chi connectivity index (χ1) is 13.2. The molecule has 1 aromatic rings. The first-order valence-electron chi connectivity index (χ1n) is 8.68. The number of carbonyl (C=O) groups excluding carboxylic acids is 1. The van der Waals surface area contributed by atoms with Crippen molar-refractivity contribution in [1.29, 1.82) is 0 Å². The third kappa shape index (κ3) is 6.82. The summed E-state index contributed by atoms with van der Waals surface area (Å²) in [5.74, 6) is 1.07. The number of halogens is 4. The quantitative estimate of drug-likeness (QED) is 0.360. The number of ether oxygens (including phenoxy) is 2. The molecule has 1 aliphatic heterocycles. The van der Waals surface area contributed by atoms with Gasteiger partial charge >= 0.3 is 6.18 Å². The van der Waals surface area contributed by atoms with Crippen LogP contribution in [0.1, 0.15) is 11.1 Å². The molecule has 0 atom stereocenters. The lowest BCUT2D eigenvalue weighted by atomic mass is 9.99. The largest absolute Gasteiger partial charge is 0.493 e. The number of fused-ring (bicyclic) bond motifs is 1. The highest BCUT2D eigenvalue weighted by Gasteiger charge is 2.31. The van der Waals surface area contributed by atoms with E-state index in [4.69, 9.17) is 9.47 Å². The zero-order valence-corrected chi connectivity index (χ0v) is 19.1. The maximum absolute atomic E-state index is 12.4. The molecule has 0 spiro atoms. The molecule has 2 rings (SSSR count). The van der Waals surface area contributed by atoms with Crippen LogP contribution in [0.4, 0.5) is 13.2 Å². The summed E-state index contributed by atoms with van der Waals surface area (Å²) in [7, 11) is 5.83. The molecule has 0 saturated heterocycles. The fourth-order valence-electron chi connectivity index (χ4n) is 3.04. The fraction of sp³-hybridized carbons (Fsp3) is 0.556. The van der Waals surface area contributed by atoms with Crippen molar-refractivity contribution in [2.45, 2.75) is 19.1 Å². The molecule has 1 N–H and O–H groups in total. The highest BCUT2D eigenvalue weighted by atomic mass is 127. The monoisotopic (exact) mass is 530 g/mol. The van der Waals surface area contributed by atoms with Crippen molar-refractivity contribution >= 4 is 35.8 Å². The smallest absolute Gasteiger partial charge is 0.406 e. The number of alkyl halides is 3. The number of carbonyl (C=O) groups is 1. The summed E-state index contributed by atoms with van der Waals surface area (Å²) in [6, 6.07) is 3.84. The van der Waals surface area contributed by atoms with Gasteiger partial charge < -0.3 is 24.6 Å². The summed E-state index contributed by atoms with van der Waals surface area (Å²) in [6.07, 6.45) is -3.69. The lowest BCUT2D eigenvalue weighted by molar-refractivity contribution is -0.157. The van der Waals surface area contributed by atoms with Gasteiger partial charge in [0.25, 0.3) is 0 Å². The first kappa shape index (κ1) is 25.1. The van der Waals surface area contributed by atoms with Crippen molar-refractivity contribution in [3.8, 4) is 11.5 Å². The number of aliphatic imine (C=N–C) groups is 1. The Morgan fingerprint density at radius 1 is 1.24 bits per heavy atom. The van der Waals surface area contributed by atoms with E-state index in [-0.39, 0.29) is 30.5 Å². The maximum Gasteiger partial charge on any atom is 0.406 e. The van der Waals surface area contributed by atoms with Gasteiger partial charge in [-0.3, -0.25) is 9.79 Å². The molecule has 1 heterocycles. The molecule has 7 nitrogen and oxygen atoms in total. The van der Waals surface area contributed by atoms with Gasteiger partial charge in [-0.25, -0.2) is 0 Å². The molecule has 0 aliphatic carbocycles. The molecule has 0 fully saturated rings. The van der Waals surface area contributed by atoms with Gasteiger partial charge in [-0.1, -0.05) is 0 Å². The molecule has 0 radical (unpaired) electrons. The van der Waals surface area contributed by atoms with Crippen LogP contribution in [-0.2, 0) is 17.8 Å². The van der Waals surface area contributed by atoms with Crippen LogP contribution in [0.3, 0.4) is 0 Å². The minimum Gasteiger partial charge on any atom is -0.493 e. The molecule has 1 aromatic carbocycles. The second-order valence-corrected chi connectivity index (χ2v) is 6.41. The number of nitrogens with zero attached hydrogens (tertiary/aromatic N) is 3. The summed E-state index contributed by atoms with van der Waals surface area (Å²) >= 11 is 0. The zero-order chi connectivity index (χ0) is 20.9. The standard InChI is InChI=1S/C18H25F3N4O3.HI/c1-22-17(23-9-16(26)24(2)11-18(19,20)21)25-6-5-12-7-14(27-3)15(28-4)8-13(12)10-25;/h7-8H,5-6,9-11H2,1-4H3,(H,22,23);1H. The number of rotatable bonds is 5. The summed E-state index contributed by atoms with van der Waals surface area (Å²) in [6.45, 7) is -0.379. The van der Waals surface area contributed by atoms with E-state index in [1.165, 1.54) is 0 Å². The summed E-state index contributed by atoms with van der Waals surface area (Å²) < 4.78 is 47.9. The van der Waals surface area contributed by atoms with Gasteiger partial charge in [0, 0.05) is 27.2 Å². The Morgan fingerprint density at radius 2 is 1.83 bits per heavy atom. The molecule has 11 heteroatoms. The molecule has 1 aliphatic rings. The average Bonchev–Trinajstić information content (AvgIpc) is 2.65. The second kappa shape index (κ2) is 10.7. The van der Waals surface area contributed by atoms with E-state index < -0.39 is 18.6 Å². The van der Waals surface area contributed by atoms with Crippen molar-refractivity contribution < 1.29 is 27.4 Å². The third-order valence-corrected chi connectivity index (χ3v) is 4.47. The van der Waals surface area contributed by atoms with Crippen LogP contribution < -0.4 is 14.8 Å². The average molecular weight is 530 g/mol. The van der Waals surface area contributed by atoms with Gasteiger partial charge in [0.1, 0.15) is 6.54 Å². The Bertz CT molecular complexity index is 744. The minimum atomic E-state index is -4.43. The van der Waals surface area contributed by atoms with Gasteiger partial charge in [-0.2, -0.15) is 13.2 Å². The van der Waals surface area contributed by atoms with E-state index in [0.29, 0.717) is 35.4 Å². The topological polar surface area (TPSA) is 66.4 Å². The van der Waals surface area contributed by atoms with Crippen LogP contribution in [0, 0.1) is 0 Å². The van der Waals surface area contributed by atoms with E-state index >= 15 is 0 Å². The summed E-state index contributed by atoms with van der Waals surface area (Å²) in [5.41, 5.74) is 2.16. The first-order valence-corrected chi connectivity index (χ1v) is 8.68. The van der Waals surface area contributed by atoms with E-state index in [9.17, 15) is 18.0 Å². The second-order valence-electron chi connectivity index (χ2n) is 6.41. The SMILES string of the molecule is CN=C(NCC(=O)N(C)CC(F)(F)F)N1CCc2cc(OC)c(OC)cc2C1.I. The predicted molar refractivity (Wildman–Crippen MR) is 114 cm³/mol. The Labute approximate surface area is 185 Å². The summed E-state index contributed by atoms with van der Waals surface area (Å²) in [5, 5.41) is 2.85. The number of methoxy groups -OCH3 is 2. The van der Waals surface area contributed by atoms with Gasteiger partial charge in [0.2, 0.25) is 5.91 Å². The molecular formula is C18H26F3IN4O3. The number of likely N-dealkylation sites (N-methyl/N-ethyl adjacent to an activating group) is 1. The van der Waals surface area contributed by atoms with E-state index in [1.54, 1.807) is 21.3 Å². The van der Waals surface area contributed by atoms with Gasteiger partial charge in [-0.05, 0) is 29.7 Å². The number of hydrogen-bond donors (Lipinski definition) is 1. The van der Waals surface area contributed by atoms with Crippen molar-refractivity contribution in [1.82, 2.24) is 15.1 Å². The van der Waals surface area contributed by atoms with Gasteiger partial charge in [0.15, 0.2) is 17.5 Å². The van der Waals surface area contributed by atoms with Crippen LogP contribution in [0.5, 0.6) is 11.5 Å². The van der Waals surface area contributed by atoms with Crippen LogP contribution in [0.25, 0.3) is 0 Å². The lowest BCUT2D eigenvalue weighted by Crippen LogP contribution is -2.48. The highest BCUT2D eigenvalue weighted by Crippen LogP contribution is 2.33. The lowest BCUT2D eigenvalue weighted by Gasteiger charge is -2.32. The van der Waals surface area contributed by atoms with Crippen molar-refractivity contribution in [3.63, 3.8) is 0 Å². The van der Waals surface area contributed by atoms with E-state index in [1.807, 2.05) is 17.0 Å². The molecule has 1 amide bonds. The Hall–Kier alpha value is -1.92. The number of hydrogen-bond acceptors (Lipinski definition) is 4. The zero-order valence-electron chi connectivity index (χ0n) is 16.8. The van der Waals surface area contributed by atoms with Crippen molar-refractivity contribution in [2.24, 2.45) is 4.99 Å². The molecule has 0 bridgehead atoms.